The fourth-order valence-corrected chi connectivity index (χ4v) is 2.59. The second kappa shape index (κ2) is 3.58. The maximum absolute atomic E-state index is 6.31. The fraction of sp³-hybridized carbons (Fsp3) is 0.312. The van der Waals surface area contributed by atoms with E-state index in [0.717, 1.165) is 34.3 Å². The molecule has 2 N–H and O–H groups in total. The van der Waals surface area contributed by atoms with Crippen LogP contribution in [0.5, 0.6) is 0 Å². The highest BCUT2D eigenvalue weighted by molar-refractivity contribution is 5.95. The molecule has 1 aromatic heterocycles. The number of benzene rings is 1. The van der Waals surface area contributed by atoms with Gasteiger partial charge in [-0.2, -0.15) is 0 Å². The van der Waals surface area contributed by atoms with Gasteiger partial charge in [0.2, 0.25) is 0 Å². The Morgan fingerprint density at radius 1 is 1.28 bits per heavy atom. The Balaban J connectivity index is 2.32. The topological polar surface area (TPSA) is 38.9 Å². The standard InChI is InChI=1S/C16H18N2/c1-10-4-5-13-12(8-10)15(17)11-6-7-16(2,3)9-14(11)18-13/h4-8H,9H2,1-3H3,(H2,17,18). The molecule has 0 atom stereocenters. The summed E-state index contributed by atoms with van der Waals surface area (Å²) >= 11 is 0. The number of nitrogen functional groups attached to an aromatic ring is 1. The van der Waals surface area contributed by atoms with E-state index in [4.69, 9.17) is 10.7 Å². The molecule has 3 rings (SSSR count). The highest BCUT2D eigenvalue weighted by atomic mass is 14.7. The zero-order valence-corrected chi connectivity index (χ0v) is 11.1. The molecule has 0 bridgehead atoms. The predicted molar refractivity (Wildman–Crippen MR) is 77.4 cm³/mol. The summed E-state index contributed by atoms with van der Waals surface area (Å²) in [6, 6.07) is 6.27. The van der Waals surface area contributed by atoms with Crippen LogP contribution in [-0.4, -0.2) is 4.98 Å². The van der Waals surface area contributed by atoms with Gasteiger partial charge in [0.15, 0.2) is 0 Å². The van der Waals surface area contributed by atoms with Crippen LogP contribution in [0.25, 0.3) is 17.0 Å². The Bertz CT molecular complexity index is 666. The second-order valence-corrected chi connectivity index (χ2v) is 5.91. The summed E-state index contributed by atoms with van der Waals surface area (Å²) in [5.74, 6) is 0. The van der Waals surface area contributed by atoms with E-state index in [1.807, 2.05) is 0 Å². The van der Waals surface area contributed by atoms with Gasteiger partial charge in [-0.3, -0.25) is 4.98 Å². The fourth-order valence-electron chi connectivity index (χ4n) is 2.59. The summed E-state index contributed by atoms with van der Waals surface area (Å²) in [4.78, 5) is 4.78. The lowest BCUT2D eigenvalue weighted by Crippen LogP contribution is -2.18. The normalized spacial score (nSPS) is 16.8. The maximum Gasteiger partial charge on any atom is 0.0726 e. The van der Waals surface area contributed by atoms with Gasteiger partial charge < -0.3 is 5.73 Å². The number of nitrogens with two attached hydrogens (primary N) is 1. The summed E-state index contributed by atoms with van der Waals surface area (Å²) in [5.41, 5.74) is 11.8. The van der Waals surface area contributed by atoms with Gasteiger partial charge >= 0.3 is 0 Å². The minimum Gasteiger partial charge on any atom is -0.398 e. The van der Waals surface area contributed by atoms with Gasteiger partial charge in [0.05, 0.1) is 16.9 Å². The van der Waals surface area contributed by atoms with E-state index in [-0.39, 0.29) is 5.41 Å². The number of rotatable bonds is 0. The average molecular weight is 238 g/mol. The molecule has 2 aromatic rings. The van der Waals surface area contributed by atoms with Gasteiger partial charge in [-0.25, -0.2) is 0 Å². The quantitative estimate of drug-likeness (QED) is 0.759. The zero-order valence-electron chi connectivity index (χ0n) is 11.1. The number of pyridine rings is 1. The minimum atomic E-state index is 0.171. The van der Waals surface area contributed by atoms with Gasteiger partial charge in [-0.1, -0.05) is 37.6 Å². The number of nitrogens with zero attached hydrogens (tertiary/aromatic N) is 1. The predicted octanol–water partition coefficient (Wildman–Crippen LogP) is 3.72. The molecule has 1 heterocycles. The molecule has 92 valence electrons. The van der Waals surface area contributed by atoms with Crippen molar-refractivity contribution in [3.05, 3.63) is 41.1 Å². The van der Waals surface area contributed by atoms with E-state index in [1.165, 1.54) is 5.56 Å². The maximum atomic E-state index is 6.31. The van der Waals surface area contributed by atoms with Crippen molar-refractivity contribution in [2.75, 3.05) is 5.73 Å². The van der Waals surface area contributed by atoms with Crippen LogP contribution in [0.2, 0.25) is 0 Å². The molecule has 0 spiro atoms. The van der Waals surface area contributed by atoms with E-state index in [9.17, 15) is 0 Å². The molecular weight excluding hydrogens is 220 g/mol. The van der Waals surface area contributed by atoms with Crippen molar-refractivity contribution in [1.82, 2.24) is 4.98 Å². The summed E-state index contributed by atoms with van der Waals surface area (Å²) in [7, 11) is 0. The summed E-state index contributed by atoms with van der Waals surface area (Å²) < 4.78 is 0. The summed E-state index contributed by atoms with van der Waals surface area (Å²) in [6.45, 7) is 6.53. The molecule has 0 amide bonds. The molecule has 0 saturated carbocycles. The first-order chi connectivity index (χ1) is 8.46. The monoisotopic (exact) mass is 238 g/mol. The van der Waals surface area contributed by atoms with Gasteiger partial charge in [0, 0.05) is 10.9 Å². The SMILES string of the molecule is Cc1ccc2nc3c(c(N)c2c1)C=CC(C)(C)C3. The number of hydrogen-bond donors (Lipinski definition) is 1. The van der Waals surface area contributed by atoms with Crippen molar-refractivity contribution >= 4 is 22.7 Å². The number of fused-ring (bicyclic) bond motifs is 2. The van der Waals surface area contributed by atoms with E-state index < -0.39 is 0 Å². The zero-order chi connectivity index (χ0) is 12.9. The Hall–Kier alpha value is -1.83. The minimum absolute atomic E-state index is 0.171. The van der Waals surface area contributed by atoms with Crippen LogP contribution in [0.3, 0.4) is 0 Å². The van der Waals surface area contributed by atoms with E-state index in [2.05, 4.69) is 51.1 Å². The molecule has 1 aliphatic rings. The molecule has 0 aliphatic heterocycles. The van der Waals surface area contributed by atoms with Gasteiger partial charge in [0.1, 0.15) is 0 Å². The third-order valence-electron chi connectivity index (χ3n) is 3.62. The Morgan fingerprint density at radius 3 is 2.83 bits per heavy atom. The van der Waals surface area contributed by atoms with E-state index in [1.54, 1.807) is 0 Å². The molecule has 0 unspecified atom stereocenters. The van der Waals surface area contributed by atoms with Crippen LogP contribution in [0.4, 0.5) is 5.69 Å². The molecule has 1 aliphatic carbocycles. The summed E-state index contributed by atoms with van der Waals surface area (Å²) in [6.07, 6.45) is 5.31. The van der Waals surface area contributed by atoms with Crippen molar-refractivity contribution < 1.29 is 0 Å². The average Bonchev–Trinajstić information content (AvgIpc) is 2.29. The first-order valence-corrected chi connectivity index (χ1v) is 6.34. The van der Waals surface area contributed by atoms with Crippen LogP contribution < -0.4 is 5.73 Å². The van der Waals surface area contributed by atoms with Crippen molar-refractivity contribution in [1.29, 1.82) is 0 Å². The molecular formula is C16H18N2. The first-order valence-electron chi connectivity index (χ1n) is 6.34. The van der Waals surface area contributed by atoms with Crippen molar-refractivity contribution in [3.63, 3.8) is 0 Å². The Kier molecular flexibility index (Phi) is 2.24. The number of allylic oxidation sites excluding steroid dienone is 1. The van der Waals surface area contributed by atoms with Crippen LogP contribution in [-0.2, 0) is 6.42 Å². The Labute approximate surface area is 108 Å². The van der Waals surface area contributed by atoms with Gasteiger partial charge in [0.25, 0.3) is 0 Å². The lowest BCUT2D eigenvalue weighted by molar-refractivity contribution is 0.469. The largest absolute Gasteiger partial charge is 0.398 e. The number of aromatic nitrogens is 1. The second-order valence-electron chi connectivity index (χ2n) is 5.91. The van der Waals surface area contributed by atoms with Gasteiger partial charge in [-0.05, 0) is 30.9 Å². The Morgan fingerprint density at radius 2 is 2.06 bits per heavy atom. The molecule has 2 heteroatoms. The third-order valence-corrected chi connectivity index (χ3v) is 3.62. The number of aryl methyl sites for hydroxylation is 1. The molecule has 1 aromatic carbocycles. The first kappa shape index (κ1) is 11.3. The van der Waals surface area contributed by atoms with Crippen molar-refractivity contribution in [2.45, 2.75) is 27.2 Å². The molecule has 18 heavy (non-hydrogen) atoms. The lowest BCUT2D eigenvalue weighted by atomic mass is 9.81. The molecule has 0 saturated heterocycles. The highest BCUT2D eigenvalue weighted by Gasteiger charge is 2.23. The number of hydrogen-bond acceptors (Lipinski definition) is 2. The smallest absolute Gasteiger partial charge is 0.0726 e. The van der Waals surface area contributed by atoms with E-state index >= 15 is 0 Å². The lowest BCUT2D eigenvalue weighted by Gasteiger charge is -2.26. The molecule has 0 fully saturated rings. The third kappa shape index (κ3) is 1.69. The summed E-state index contributed by atoms with van der Waals surface area (Å²) in [5, 5.41) is 1.07. The highest BCUT2D eigenvalue weighted by Crippen LogP contribution is 2.36. The molecule has 0 radical (unpaired) electrons. The van der Waals surface area contributed by atoms with Crippen LogP contribution >= 0.6 is 0 Å². The van der Waals surface area contributed by atoms with Gasteiger partial charge in [-0.15, -0.1) is 0 Å². The van der Waals surface area contributed by atoms with Crippen molar-refractivity contribution in [2.24, 2.45) is 5.41 Å². The molecule has 2 nitrogen and oxygen atoms in total. The number of anilines is 1. The van der Waals surface area contributed by atoms with Crippen LogP contribution in [0.15, 0.2) is 24.3 Å². The van der Waals surface area contributed by atoms with Crippen molar-refractivity contribution in [3.8, 4) is 0 Å². The van der Waals surface area contributed by atoms with Crippen LogP contribution in [0.1, 0.15) is 30.7 Å². The van der Waals surface area contributed by atoms with E-state index in [0.29, 0.717) is 0 Å². The van der Waals surface area contributed by atoms with Crippen LogP contribution in [0, 0.1) is 12.3 Å².